The molecule has 1 amide bonds. The Morgan fingerprint density at radius 3 is 2.71 bits per heavy atom. The van der Waals surface area contributed by atoms with Crippen molar-refractivity contribution in [1.82, 2.24) is 5.32 Å². The van der Waals surface area contributed by atoms with Gasteiger partial charge in [-0.05, 0) is 32.2 Å². The lowest BCUT2D eigenvalue weighted by molar-refractivity contribution is 0.0506. The topological polar surface area (TPSA) is 64.3 Å². The van der Waals surface area contributed by atoms with Crippen LogP contribution in [0, 0.1) is 0 Å². The molecule has 1 heterocycles. The molecule has 6 heteroatoms. The molecular weight excluding hydrogens is 260 g/mol. The van der Waals surface area contributed by atoms with Gasteiger partial charge < -0.3 is 15.8 Å². The van der Waals surface area contributed by atoms with Crippen molar-refractivity contribution in [3.8, 4) is 0 Å². The van der Waals surface area contributed by atoms with E-state index < -0.39 is 11.7 Å². The summed E-state index contributed by atoms with van der Waals surface area (Å²) in [6.07, 6.45) is -0.489. The summed E-state index contributed by atoms with van der Waals surface area (Å²) in [6, 6.07) is 1.47. The largest absolute Gasteiger partial charge is 0.444 e. The van der Waals surface area contributed by atoms with Gasteiger partial charge in [-0.1, -0.05) is 11.6 Å². The fourth-order valence-corrected chi connectivity index (χ4v) is 2.49. The van der Waals surface area contributed by atoms with E-state index in [0.717, 1.165) is 4.88 Å². The van der Waals surface area contributed by atoms with Crippen LogP contribution in [0.15, 0.2) is 11.4 Å². The molecule has 96 valence electrons. The van der Waals surface area contributed by atoms with Crippen LogP contribution in [0.25, 0.3) is 0 Å². The van der Waals surface area contributed by atoms with Crippen molar-refractivity contribution < 1.29 is 9.53 Å². The standard InChI is InChI=1S/C11H17ClN2O2S/c1-11(2,3)16-10(15)14-8(6-13)9-7(12)4-5-17-9/h4-5,8H,6,13H2,1-3H3,(H,14,15). The number of nitrogens with one attached hydrogen (secondary N) is 1. The molecule has 0 aliphatic rings. The molecule has 1 atom stereocenters. The number of hydrogen-bond acceptors (Lipinski definition) is 4. The zero-order valence-electron chi connectivity index (χ0n) is 10.1. The highest BCUT2D eigenvalue weighted by atomic mass is 35.5. The Hall–Kier alpha value is -0.780. The summed E-state index contributed by atoms with van der Waals surface area (Å²) in [5, 5.41) is 5.18. The van der Waals surface area contributed by atoms with Crippen LogP contribution in [-0.4, -0.2) is 18.2 Å². The normalized spacial score (nSPS) is 13.2. The Morgan fingerprint density at radius 1 is 1.65 bits per heavy atom. The molecule has 0 fully saturated rings. The number of rotatable bonds is 3. The molecule has 0 bridgehead atoms. The average Bonchev–Trinajstić information content (AvgIpc) is 2.58. The third kappa shape index (κ3) is 4.53. The number of hydrogen-bond donors (Lipinski definition) is 2. The highest BCUT2D eigenvalue weighted by Gasteiger charge is 2.21. The summed E-state index contributed by atoms with van der Waals surface area (Å²) in [5.74, 6) is 0. The van der Waals surface area contributed by atoms with Crippen LogP contribution in [0.5, 0.6) is 0 Å². The smallest absolute Gasteiger partial charge is 0.408 e. The van der Waals surface area contributed by atoms with Crippen LogP contribution in [0.2, 0.25) is 5.02 Å². The minimum absolute atomic E-state index is 0.277. The summed E-state index contributed by atoms with van der Waals surface area (Å²) in [6.45, 7) is 5.70. The molecule has 1 rings (SSSR count). The van der Waals surface area contributed by atoms with Crippen LogP contribution in [0.3, 0.4) is 0 Å². The minimum atomic E-state index is -0.525. The predicted molar refractivity (Wildman–Crippen MR) is 70.5 cm³/mol. The number of halogens is 1. The second kappa shape index (κ2) is 5.71. The first kappa shape index (κ1) is 14.3. The number of amides is 1. The Balaban J connectivity index is 2.66. The number of thiophene rings is 1. The van der Waals surface area contributed by atoms with Gasteiger partial charge >= 0.3 is 6.09 Å². The summed E-state index contributed by atoms with van der Waals surface area (Å²) in [5.41, 5.74) is 5.10. The van der Waals surface area contributed by atoms with Gasteiger partial charge in [-0.15, -0.1) is 11.3 Å². The monoisotopic (exact) mass is 276 g/mol. The molecule has 0 spiro atoms. The molecule has 0 aliphatic heterocycles. The minimum Gasteiger partial charge on any atom is -0.444 e. The van der Waals surface area contributed by atoms with Gasteiger partial charge in [0, 0.05) is 11.4 Å². The van der Waals surface area contributed by atoms with E-state index in [9.17, 15) is 4.79 Å². The van der Waals surface area contributed by atoms with Gasteiger partial charge in [0.1, 0.15) is 5.60 Å². The molecule has 0 saturated heterocycles. The number of nitrogens with two attached hydrogens (primary N) is 1. The third-order valence-electron chi connectivity index (χ3n) is 1.89. The molecule has 3 N–H and O–H groups in total. The van der Waals surface area contributed by atoms with Crippen molar-refractivity contribution in [2.24, 2.45) is 5.73 Å². The lowest BCUT2D eigenvalue weighted by Crippen LogP contribution is -2.37. The number of carbonyl (C=O) groups is 1. The van der Waals surface area contributed by atoms with E-state index >= 15 is 0 Å². The van der Waals surface area contributed by atoms with Gasteiger partial charge in [0.05, 0.1) is 11.1 Å². The van der Waals surface area contributed by atoms with Crippen LogP contribution in [0.4, 0.5) is 4.79 Å². The van der Waals surface area contributed by atoms with E-state index in [0.29, 0.717) is 5.02 Å². The molecule has 4 nitrogen and oxygen atoms in total. The Morgan fingerprint density at radius 2 is 2.29 bits per heavy atom. The molecule has 0 aromatic carbocycles. The lowest BCUT2D eigenvalue weighted by atomic mass is 10.2. The van der Waals surface area contributed by atoms with E-state index in [4.69, 9.17) is 22.1 Å². The van der Waals surface area contributed by atoms with Gasteiger partial charge in [0.2, 0.25) is 0 Å². The second-order valence-corrected chi connectivity index (χ2v) is 5.92. The molecule has 0 radical (unpaired) electrons. The van der Waals surface area contributed by atoms with Crippen molar-refractivity contribution in [1.29, 1.82) is 0 Å². The maximum absolute atomic E-state index is 11.6. The predicted octanol–water partition coefficient (Wildman–Crippen LogP) is 2.93. The molecule has 17 heavy (non-hydrogen) atoms. The molecule has 0 saturated carbocycles. The molecule has 1 aromatic rings. The van der Waals surface area contributed by atoms with Crippen LogP contribution in [-0.2, 0) is 4.74 Å². The Labute approximate surface area is 110 Å². The zero-order chi connectivity index (χ0) is 13.1. The molecule has 1 unspecified atom stereocenters. The number of carbonyl (C=O) groups excluding carboxylic acids is 1. The second-order valence-electron chi connectivity index (χ2n) is 4.57. The SMILES string of the molecule is CC(C)(C)OC(=O)NC(CN)c1sccc1Cl. The van der Waals surface area contributed by atoms with E-state index in [-0.39, 0.29) is 12.6 Å². The molecular formula is C11H17ClN2O2S. The van der Waals surface area contributed by atoms with Gasteiger partial charge in [-0.2, -0.15) is 0 Å². The van der Waals surface area contributed by atoms with Crippen molar-refractivity contribution >= 4 is 29.0 Å². The van der Waals surface area contributed by atoms with Crippen LogP contribution in [0.1, 0.15) is 31.7 Å². The zero-order valence-corrected chi connectivity index (χ0v) is 11.7. The number of alkyl carbamates (subject to hydrolysis) is 1. The van der Waals surface area contributed by atoms with E-state index in [1.807, 2.05) is 26.2 Å². The summed E-state index contributed by atoms with van der Waals surface area (Å²) in [4.78, 5) is 12.5. The maximum Gasteiger partial charge on any atom is 0.408 e. The summed E-state index contributed by atoms with van der Waals surface area (Å²) < 4.78 is 5.16. The van der Waals surface area contributed by atoms with Crippen LogP contribution < -0.4 is 11.1 Å². The first-order valence-electron chi connectivity index (χ1n) is 5.26. The summed E-state index contributed by atoms with van der Waals surface area (Å²) in [7, 11) is 0. The van der Waals surface area contributed by atoms with Crippen molar-refractivity contribution in [2.45, 2.75) is 32.4 Å². The van der Waals surface area contributed by atoms with Crippen molar-refractivity contribution in [3.05, 3.63) is 21.3 Å². The quantitative estimate of drug-likeness (QED) is 0.892. The Kier molecular flexibility index (Phi) is 4.80. The first-order chi connectivity index (χ1) is 7.83. The highest BCUT2D eigenvalue weighted by molar-refractivity contribution is 7.10. The third-order valence-corrected chi connectivity index (χ3v) is 3.36. The van der Waals surface area contributed by atoms with Gasteiger partial charge in [-0.25, -0.2) is 4.79 Å². The van der Waals surface area contributed by atoms with Crippen LogP contribution >= 0.6 is 22.9 Å². The van der Waals surface area contributed by atoms with Gasteiger partial charge in [-0.3, -0.25) is 0 Å². The van der Waals surface area contributed by atoms with Gasteiger partial charge in [0.25, 0.3) is 0 Å². The highest BCUT2D eigenvalue weighted by Crippen LogP contribution is 2.28. The van der Waals surface area contributed by atoms with E-state index in [1.165, 1.54) is 11.3 Å². The first-order valence-corrected chi connectivity index (χ1v) is 6.51. The maximum atomic E-state index is 11.6. The lowest BCUT2D eigenvalue weighted by Gasteiger charge is -2.22. The summed E-state index contributed by atoms with van der Waals surface area (Å²) >= 11 is 7.45. The van der Waals surface area contributed by atoms with E-state index in [2.05, 4.69) is 5.32 Å². The Bertz CT molecular complexity index is 387. The molecule has 1 aromatic heterocycles. The average molecular weight is 277 g/mol. The number of ether oxygens (including phenoxy) is 1. The van der Waals surface area contributed by atoms with Crippen molar-refractivity contribution in [3.63, 3.8) is 0 Å². The van der Waals surface area contributed by atoms with Crippen molar-refractivity contribution in [2.75, 3.05) is 6.54 Å². The van der Waals surface area contributed by atoms with E-state index in [1.54, 1.807) is 6.07 Å². The molecule has 0 aliphatic carbocycles. The fourth-order valence-electron chi connectivity index (χ4n) is 1.24. The fraction of sp³-hybridized carbons (Fsp3) is 0.545. The van der Waals surface area contributed by atoms with Gasteiger partial charge in [0.15, 0.2) is 0 Å².